The molecule has 2 unspecified atom stereocenters. The van der Waals surface area contributed by atoms with E-state index in [1.54, 1.807) is 0 Å². The first kappa shape index (κ1) is 12.6. The van der Waals surface area contributed by atoms with Crippen LogP contribution in [0.15, 0.2) is 30.3 Å². The molecule has 1 nitrogen and oxygen atoms in total. The molecule has 0 aliphatic rings. The van der Waals surface area contributed by atoms with E-state index < -0.39 is 0 Å². The highest BCUT2D eigenvalue weighted by molar-refractivity contribution is 9.09. The number of pyridine rings is 1. The van der Waals surface area contributed by atoms with Gasteiger partial charge in [-0.2, -0.15) is 0 Å². The van der Waals surface area contributed by atoms with Crippen LogP contribution in [0, 0.1) is 6.92 Å². The van der Waals surface area contributed by atoms with E-state index in [1.165, 1.54) is 16.6 Å². The molecule has 0 aliphatic heterocycles. The molecule has 1 aromatic carbocycles. The van der Waals surface area contributed by atoms with Crippen LogP contribution in [0.4, 0.5) is 0 Å². The summed E-state index contributed by atoms with van der Waals surface area (Å²) in [6, 6.07) is 10.6. The first-order valence-corrected chi connectivity index (χ1v) is 7.05. The maximum atomic E-state index is 4.84. The molecule has 1 aromatic heterocycles. The number of hydrogen-bond donors (Lipinski definition) is 0. The van der Waals surface area contributed by atoms with Crippen molar-refractivity contribution in [2.45, 2.75) is 37.9 Å². The van der Waals surface area contributed by atoms with Crippen molar-refractivity contribution in [1.82, 2.24) is 4.98 Å². The van der Waals surface area contributed by atoms with E-state index in [0.717, 1.165) is 11.9 Å². The van der Waals surface area contributed by atoms with E-state index in [0.29, 0.717) is 10.7 Å². The molecule has 0 bridgehead atoms. The van der Waals surface area contributed by atoms with Gasteiger partial charge in [0.15, 0.2) is 0 Å². The number of fused-ring (bicyclic) bond motifs is 1. The Morgan fingerprint density at radius 1 is 1.29 bits per heavy atom. The second kappa shape index (κ2) is 5.18. The zero-order valence-electron chi connectivity index (χ0n) is 10.6. The van der Waals surface area contributed by atoms with Gasteiger partial charge in [-0.05, 0) is 31.0 Å². The average Bonchev–Trinajstić information content (AvgIpc) is 2.30. The summed E-state index contributed by atoms with van der Waals surface area (Å²) in [6.07, 6.45) is 1.11. The summed E-state index contributed by atoms with van der Waals surface area (Å²) in [6.45, 7) is 6.58. The molecule has 2 rings (SSSR count). The molecule has 1 heterocycles. The molecule has 2 aromatic rings. The van der Waals surface area contributed by atoms with Crippen LogP contribution >= 0.6 is 15.9 Å². The highest BCUT2D eigenvalue weighted by atomic mass is 79.9. The first-order chi connectivity index (χ1) is 8.13. The molecule has 0 spiro atoms. The lowest BCUT2D eigenvalue weighted by Gasteiger charge is -2.19. The van der Waals surface area contributed by atoms with Crippen LogP contribution in [0.2, 0.25) is 0 Å². The lowest BCUT2D eigenvalue weighted by Crippen LogP contribution is -2.11. The fraction of sp³-hybridized carbons (Fsp3) is 0.400. The minimum Gasteiger partial charge on any atom is -0.252 e. The Kier molecular flexibility index (Phi) is 3.82. The van der Waals surface area contributed by atoms with Crippen molar-refractivity contribution in [1.29, 1.82) is 0 Å². The van der Waals surface area contributed by atoms with Crippen LogP contribution in [0.5, 0.6) is 0 Å². The first-order valence-electron chi connectivity index (χ1n) is 6.13. The fourth-order valence-electron chi connectivity index (χ4n) is 2.35. The number of rotatable bonds is 3. The summed E-state index contributed by atoms with van der Waals surface area (Å²) >= 11 is 3.70. The van der Waals surface area contributed by atoms with Gasteiger partial charge in [-0.1, -0.05) is 48.0 Å². The second-order valence-corrected chi connectivity index (χ2v) is 6.02. The normalized spacial score (nSPS) is 14.8. The molecule has 90 valence electrons. The maximum absolute atomic E-state index is 4.84. The molecule has 2 atom stereocenters. The molecule has 0 N–H and O–H groups in total. The number of aromatic nitrogens is 1. The third-order valence-electron chi connectivity index (χ3n) is 3.30. The van der Waals surface area contributed by atoms with Gasteiger partial charge in [0, 0.05) is 21.8 Å². The summed E-state index contributed by atoms with van der Waals surface area (Å²) < 4.78 is 0. The van der Waals surface area contributed by atoms with Crippen molar-refractivity contribution in [3.05, 3.63) is 41.6 Å². The molecule has 0 amide bonds. The van der Waals surface area contributed by atoms with E-state index >= 15 is 0 Å². The van der Waals surface area contributed by atoms with Crippen LogP contribution in [0.3, 0.4) is 0 Å². The Labute approximate surface area is 111 Å². The minimum absolute atomic E-state index is 0.458. The third kappa shape index (κ3) is 2.52. The Balaban J connectivity index is 2.57. The van der Waals surface area contributed by atoms with E-state index in [-0.39, 0.29) is 0 Å². The Morgan fingerprint density at radius 2 is 2.00 bits per heavy atom. The van der Waals surface area contributed by atoms with Crippen LogP contribution < -0.4 is 0 Å². The molecular formula is C15H18BrN. The van der Waals surface area contributed by atoms with Crippen LogP contribution in [0.25, 0.3) is 10.9 Å². The molecule has 0 fully saturated rings. The molecule has 0 radical (unpaired) electrons. The number of halogens is 1. The summed E-state index contributed by atoms with van der Waals surface area (Å²) in [5, 5.41) is 1.23. The Morgan fingerprint density at radius 3 is 2.65 bits per heavy atom. The third-order valence-corrected chi connectivity index (χ3v) is 3.94. The van der Waals surface area contributed by atoms with Gasteiger partial charge in [0.2, 0.25) is 0 Å². The van der Waals surface area contributed by atoms with E-state index in [4.69, 9.17) is 4.98 Å². The highest BCUT2D eigenvalue weighted by Crippen LogP contribution is 2.30. The largest absolute Gasteiger partial charge is 0.252 e. The van der Waals surface area contributed by atoms with Gasteiger partial charge in [0.25, 0.3) is 0 Å². The SMILES string of the molecule is CCC(c1nc2ccccc2cc1C)C(C)Br. The Hall–Kier alpha value is -0.890. The zero-order chi connectivity index (χ0) is 12.4. The monoisotopic (exact) mass is 291 g/mol. The van der Waals surface area contributed by atoms with Gasteiger partial charge in [-0.15, -0.1) is 0 Å². The molecular weight excluding hydrogens is 274 g/mol. The van der Waals surface area contributed by atoms with Crippen LogP contribution in [0.1, 0.15) is 37.4 Å². The van der Waals surface area contributed by atoms with Gasteiger partial charge in [-0.25, -0.2) is 0 Å². The predicted octanol–water partition coefficient (Wildman–Crippen LogP) is 4.82. The van der Waals surface area contributed by atoms with Crippen molar-refractivity contribution in [3.63, 3.8) is 0 Å². The fourth-order valence-corrected chi connectivity index (χ4v) is 2.97. The topological polar surface area (TPSA) is 12.9 Å². The molecule has 2 heteroatoms. The van der Waals surface area contributed by atoms with Crippen molar-refractivity contribution < 1.29 is 0 Å². The van der Waals surface area contributed by atoms with Crippen molar-refractivity contribution in [2.75, 3.05) is 0 Å². The van der Waals surface area contributed by atoms with Crippen molar-refractivity contribution in [2.24, 2.45) is 0 Å². The quantitative estimate of drug-likeness (QED) is 0.739. The van der Waals surface area contributed by atoms with Gasteiger partial charge in [0.1, 0.15) is 0 Å². The summed E-state index contributed by atoms with van der Waals surface area (Å²) in [7, 11) is 0. The van der Waals surface area contributed by atoms with Gasteiger partial charge in [-0.3, -0.25) is 4.98 Å². The highest BCUT2D eigenvalue weighted by Gasteiger charge is 2.18. The molecule has 0 saturated carbocycles. The summed E-state index contributed by atoms with van der Waals surface area (Å²) in [5.41, 5.74) is 3.62. The number of benzene rings is 1. The predicted molar refractivity (Wildman–Crippen MR) is 77.9 cm³/mol. The summed E-state index contributed by atoms with van der Waals surface area (Å²) in [4.78, 5) is 5.30. The van der Waals surface area contributed by atoms with E-state index in [2.05, 4.69) is 61.0 Å². The summed E-state index contributed by atoms with van der Waals surface area (Å²) in [5.74, 6) is 0.486. The van der Waals surface area contributed by atoms with Crippen LogP contribution in [-0.4, -0.2) is 9.81 Å². The molecule has 0 saturated heterocycles. The van der Waals surface area contributed by atoms with Gasteiger partial charge in [0.05, 0.1) is 5.52 Å². The molecule has 17 heavy (non-hydrogen) atoms. The number of hydrogen-bond acceptors (Lipinski definition) is 1. The number of alkyl halides is 1. The smallest absolute Gasteiger partial charge is 0.0705 e. The van der Waals surface area contributed by atoms with Crippen molar-refractivity contribution in [3.8, 4) is 0 Å². The van der Waals surface area contributed by atoms with Gasteiger partial charge >= 0.3 is 0 Å². The molecule has 0 aliphatic carbocycles. The standard InChI is InChI=1S/C15H18BrN/c1-4-13(11(3)16)15-10(2)9-12-7-5-6-8-14(12)17-15/h5-9,11,13H,4H2,1-3H3. The van der Waals surface area contributed by atoms with E-state index in [9.17, 15) is 0 Å². The maximum Gasteiger partial charge on any atom is 0.0705 e. The lowest BCUT2D eigenvalue weighted by molar-refractivity contribution is 0.642. The van der Waals surface area contributed by atoms with Gasteiger partial charge < -0.3 is 0 Å². The number of para-hydroxylation sites is 1. The number of nitrogens with zero attached hydrogens (tertiary/aromatic N) is 1. The van der Waals surface area contributed by atoms with Crippen molar-refractivity contribution >= 4 is 26.8 Å². The van der Waals surface area contributed by atoms with Crippen LogP contribution in [-0.2, 0) is 0 Å². The lowest BCUT2D eigenvalue weighted by atomic mass is 9.94. The second-order valence-electron chi connectivity index (χ2n) is 4.58. The minimum atomic E-state index is 0.458. The number of aryl methyl sites for hydroxylation is 1. The van der Waals surface area contributed by atoms with E-state index in [1.807, 2.05) is 6.07 Å². The zero-order valence-corrected chi connectivity index (χ0v) is 12.2. The Bertz CT molecular complexity index is 519. The average molecular weight is 292 g/mol.